The average Bonchev–Trinajstić information content (AvgIpc) is 3.68. The van der Waals surface area contributed by atoms with Crippen molar-refractivity contribution >= 4 is 28.5 Å². The quantitative estimate of drug-likeness (QED) is 0.320. The minimum Gasteiger partial charge on any atom is -0.467 e. The van der Waals surface area contributed by atoms with Crippen molar-refractivity contribution in [3.8, 4) is 0 Å². The summed E-state index contributed by atoms with van der Waals surface area (Å²) in [5, 5.41) is 11.2. The van der Waals surface area contributed by atoms with Crippen molar-refractivity contribution in [1.82, 2.24) is 20.3 Å². The zero-order chi connectivity index (χ0) is 25.8. The van der Waals surface area contributed by atoms with E-state index in [0.717, 1.165) is 17.5 Å². The summed E-state index contributed by atoms with van der Waals surface area (Å²) in [6, 6.07) is 21.0. The Morgan fingerprint density at radius 2 is 1.84 bits per heavy atom. The van der Waals surface area contributed by atoms with E-state index in [1.165, 1.54) is 9.58 Å². The molecule has 0 unspecified atom stereocenters. The highest BCUT2D eigenvalue weighted by Crippen LogP contribution is 2.30. The van der Waals surface area contributed by atoms with Gasteiger partial charge in [-0.1, -0.05) is 36.4 Å². The molecule has 0 aliphatic heterocycles. The van der Waals surface area contributed by atoms with E-state index in [2.05, 4.69) is 22.6 Å². The molecule has 1 atom stereocenters. The zero-order valence-corrected chi connectivity index (χ0v) is 20.6. The molecule has 37 heavy (non-hydrogen) atoms. The van der Waals surface area contributed by atoms with Crippen LogP contribution >= 0.6 is 0 Å². The largest absolute Gasteiger partial charge is 0.467 e. The predicted molar refractivity (Wildman–Crippen MR) is 138 cm³/mol. The van der Waals surface area contributed by atoms with E-state index in [-0.39, 0.29) is 19.0 Å². The predicted octanol–water partition coefficient (Wildman–Crippen LogP) is 4.58. The fourth-order valence-electron chi connectivity index (χ4n) is 4.23. The number of aromatic nitrogens is 3. The Bertz CT molecular complexity index is 1500. The number of carbonyl (C=O) groups is 2. The molecular formula is C28H27N5O4. The molecule has 0 saturated heterocycles. The SMILES string of the molecule is CCc1ccc(N(C(=O)Cn2nnc3ccccc32)[C@@H](C(=O)NCc2ccco2)c2ccc(C)o2)cc1. The number of nitrogens with one attached hydrogen (secondary N) is 1. The number of hydrogen-bond donors (Lipinski definition) is 1. The first-order valence-electron chi connectivity index (χ1n) is 12.1. The summed E-state index contributed by atoms with van der Waals surface area (Å²) in [4.78, 5) is 29.1. The van der Waals surface area contributed by atoms with E-state index < -0.39 is 11.9 Å². The van der Waals surface area contributed by atoms with E-state index in [1.807, 2.05) is 48.5 Å². The van der Waals surface area contributed by atoms with E-state index in [1.54, 1.807) is 37.5 Å². The maximum absolute atomic E-state index is 14.0. The third-order valence-electron chi connectivity index (χ3n) is 6.15. The van der Waals surface area contributed by atoms with Gasteiger partial charge < -0.3 is 14.2 Å². The lowest BCUT2D eigenvalue weighted by molar-refractivity contribution is -0.127. The summed E-state index contributed by atoms with van der Waals surface area (Å²) in [6.45, 7) is 3.92. The Morgan fingerprint density at radius 3 is 2.54 bits per heavy atom. The number of furan rings is 2. The summed E-state index contributed by atoms with van der Waals surface area (Å²) in [6.07, 6.45) is 2.39. The lowest BCUT2D eigenvalue weighted by Crippen LogP contribution is -2.45. The number of para-hydroxylation sites is 1. The molecule has 0 radical (unpaired) electrons. The molecule has 5 aromatic rings. The molecule has 9 heteroatoms. The van der Waals surface area contributed by atoms with Crippen LogP contribution < -0.4 is 10.2 Å². The molecule has 188 valence electrons. The van der Waals surface area contributed by atoms with E-state index in [9.17, 15) is 9.59 Å². The second-order valence-corrected chi connectivity index (χ2v) is 8.67. The van der Waals surface area contributed by atoms with Gasteiger partial charge in [0.15, 0.2) is 6.04 Å². The van der Waals surface area contributed by atoms with Gasteiger partial charge in [-0.3, -0.25) is 14.5 Å². The van der Waals surface area contributed by atoms with Crippen LogP contribution in [-0.4, -0.2) is 26.8 Å². The van der Waals surface area contributed by atoms with Crippen molar-refractivity contribution in [3.05, 3.63) is 102 Å². The zero-order valence-electron chi connectivity index (χ0n) is 20.6. The molecule has 0 aliphatic carbocycles. The number of nitrogens with zero attached hydrogens (tertiary/aromatic N) is 4. The second-order valence-electron chi connectivity index (χ2n) is 8.67. The number of carbonyl (C=O) groups excluding carboxylic acids is 2. The topological polar surface area (TPSA) is 106 Å². The molecule has 0 fully saturated rings. The molecule has 3 aromatic heterocycles. The third kappa shape index (κ3) is 5.16. The average molecular weight is 498 g/mol. The van der Waals surface area contributed by atoms with Crippen LogP contribution in [0.3, 0.4) is 0 Å². The minimum absolute atomic E-state index is 0.113. The Kier molecular flexibility index (Phi) is 6.85. The van der Waals surface area contributed by atoms with Gasteiger partial charge in [0.05, 0.1) is 18.3 Å². The summed E-state index contributed by atoms with van der Waals surface area (Å²) in [5.41, 5.74) is 3.10. The van der Waals surface area contributed by atoms with Crippen LogP contribution in [-0.2, 0) is 29.1 Å². The van der Waals surface area contributed by atoms with Crippen molar-refractivity contribution in [1.29, 1.82) is 0 Å². The number of benzene rings is 2. The van der Waals surface area contributed by atoms with Crippen LogP contribution in [0.25, 0.3) is 11.0 Å². The van der Waals surface area contributed by atoms with Gasteiger partial charge in [0.2, 0.25) is 5.91 Å². The smallest absolute Gasteiger partial charge is 0.251 e. The lowest BCUT2D eigenvalue weighted by atomic mass is 10.1. The number of hydrogen-bond acceptors (Lipinski definition) is 6. The molecule has 9 nitrogen and oxygen atoms in total. The Balaban J connectivity index is 1.54. The van der Waals surface area contributed by atoms with Gasteiger partial charge >= 0.3 is 0 Å². The van der Waals surface area contributed by atoms with Gasteiger partial charge in [0, 0.05) is 5.69 Å². The number of aryl methyl sites for hydroxylation is 2. The molecule has 5 rings (SSSR count). The highest BCUT2D eigenvalue weighted by atomic mass is 16.3. The molecule has 3 heterocycles. The molecular weight excluding hydrogens is 470 g/mol. The Morgan fingerprint density at radius 1 is 1.03 bits per heavy atom. The van der Waals surface area contributed by atoms with E-state index in [4.69, 9.17) is 8.83 Å². The van der Waals surface area contributed by atoms with Crippen molar-refractivity contribution in [2.75, 3.05) is 4.90 Å². The molecule has 0 saturated carbocycles. The van der Waals surface area contributed by atoms with Gasteiger partial charge in [0.1, 0.15) is 29.3 Å². The molecule has 2 amide bonds. The number of amides is 2. The van der Waals surface area contributed by atoms with E-state index in [0.29, 0.717) is 28.5 Å². The normalized spacial score (nSPS) is 11.9. The summed E-state index contributed by atoms with van der Waals surface area (Å²) < 4.78 is 12.8. The summed E-state index contributed by atoms with van der Waals surface area (Å²) in [5.74, 6) is 0.844. The van der Waals surface area contributed by atoms with Crippen molar-refractivity contribution in [2.24, 2.45) is 0 Å². The minimum atomic E-state index is -1.06. The Labute approximate surface area is 213 Å². The monoisotopic (exact) mass is 497 g/mol. The maximum Gasteiger partial charge on any atom is 0.251 e. The van der Waals surface area contributed by atoms with Gasteiger partial charge in [-0.15, -0.1) is 5.10 Å². The fraction of sp³-hybridized carbons (Fsp3) is 0.214. The molecule has 0 bridgehead atoms. The molecule has 2 aromatic carbocycles. The van der Waals surface area contributed by atoms with Crippen molar-refractivity contribution in [3.63, 3.8) is 0 Å². The van der Waals surface area contributed by atoms with Crippen LogP contribution in [0, 0.1) is 6.92 Å². The summed E-state index contributed by atoms with van der Waals surface area (Å²) >= 11 is 0. The molecule has 0 aliphatic rings. The maximum atomic E-state index is 14.0. The lowest BCUT2D eigenvalue weighted by Gasteiger charge is -2.30. The van der Waals surface area contributed by atoms with Crippen molar-refractivity contribution < 1.29 is 18.4 Å². The second kappa shape index (κ2) is 10.5. The Hall–Kier alpha value is -4.66. The standard InChI is InChI=1S/C28H27N5O4/c1-3-20-11-13-21(14-12-20)33(26(34)18-32-24-9-5-4-8-23(24)30-31-32)27(25-15-10-19(2)37-25)28(35)29-17-22-7-6-16-36-22/h4-16,27H,3,17-18H2,1-2H3,(H,29,35)/t27-/m1/s1. The van der Waals surface area contributed by atoms with Gasteiger partial charge in [-0.25, -0.2) is 4.68 Å². The first-order valence-corrected chi connectivity index (χ1v) is 12.1. The molecule has 0 spiro atoms. The van der Waals surface area contributed by atoms with Crippen LogP contribution in [0.15, 0.2) is 87.9 Å². The molecule has 1 N–H and O–H groups in total. The third-order valence-corrected chi connectivity index (χ3v) is 6.15. The first kappa shape index (κ1) is 24.1. The van der Waals surface area contributed by atoms with Gasteiger partial charge in [0.25, 0.3) is 5.91 Å². The highest BCUT2D eigenvalue weighted by molar-refractivity contribution is 6.01. The van der Waals surface area contributed by atoms with Crippen LogP contribution in [0.5, 0.6) is 0 Å². The van der Waals surface area contributed by atoms with Crippen LogP contribution in [0.1, 0.15) is 35.8 Å². The number of rotatable bonds is 9. The van der Waals surface area contributed by atoms with Gasteiger partial charge in [-0.2, -0.15) is 0 Å². The summed E-state index contributed by atoms with van der Waals surface area (Å²) in [7, 11) is 0. The van der Waals surface area contributed by atoms with Crippen LogP contribution in [0.2, 0.25) is 0 Å². The highest BCUT2D eigenvalue weighted by Gasteiger charge is 2.35. The number of anilines is 1. The van der Waals surface area contributed by atoms with Crippen LogP contribution in [0.4, 0.5) is 5.69 Å². The fourth-order valence-corrected chi connectivity index (χ4v) is 4.23. The van der Waals surface area contributed by atoms with E-state index >= 15 is 0 Å². The number of fused-ring (bicyclic) bond motifs is 1. The first-order chi connectivity index (χ1) is 18.0. The van der Waals surface area contributed by atoms with Crippen molar-refractivity contribution in [2.45, 2.75) is 39.4 Å². The van der Waals surface area contributed by atoms with Gasteiger partial charge in [-0.05, 0) is 67.4 Å².